The molecule has 0 saturated carbocycles. The molecule has 2 aromatic heterocycles. The zero-order valence-corrected chi connectivity index (χ0v) is 15.0. The molecule has 0 aliphatic rings. The Morgan fingerprint density at radius 2 is 1.92 bits per heavy atom. The van der Waals surface area contributed by atoms with Crippen molar-refractivity contribution in [1.82, 2.24) is 20.3 Å². The van der Waals surface area contributed by atoms with Crippen LogP contribution < -0.4 is 16.6 Å². The first-order valence-corrected chi connectivity index (χ1v) is 8.15. The van der Waals surface area contributed by atoms with E-state index in [0.717, 1.165) is 12.0 Å². The molecule has 0 radical (unpaired) electrons. The van der Waals surface area contributed by atoms with Gasteiger partial charge in [0.2, 0.25) is 0 Å². The van der Waals surface area contributed by atoms with Crippen molar-refractivity contribution in [2.45, 2.75) is 39.8 Å². The fourth-order valence-electron chi connectivity index (χ4n) is 2.11. The van der Waals surface area contributed by atoms with Crippen molar-refractivity contribution in [1.29, 1.82) is 0 Å². The van der Waals surface area contributed by atoms with Crippen molar-refractivity contribution in [3.63, 3.8) is 0 Å². The molecule has 0 spiro atoms. The second-order valence-electron chi connectivity index (χ2n) is 5.14. The standard InChI is InChI=1S/C13H20N4O2.C2H6O.CH5N/c1-3-8(2)10(6-18)14-4-9-5-15-12-11(9)16-7-17-13(12)19;1-2-3;1-2/h5,7-8,10,14-15,18H,3-4,6H2,1-2H3,(H,16,17,19);3H,2H2,1H3;2H2,1H3/t8-,10?;;/m0../s1. The molecule has 2 heterocycles. The maximum atomic E-state index is 11.6. The highest BCUT2D eigenvalue weighted by molar-refractivity contribution is 5.77. The minimum Gasteiger partial charge on any atom is -0.397 e. The van der Waals surface area contributed by atoms with Gasteiger partial charge in [0.25, 0.3) is 5.56 Å². The van der Waals surface area contributed by atoms with E-state index < -0.39 is 0 Å². The van der Waals surface area contributed by atoms with Gasteiger partial charge < -0.3 is 31.2 Å². The third kappa shape index (κ3) is 6.40. The fraction of sp³-hybridized carbons (Fsp3) is 0.625. The summed E-state index contributed by atoms with van der Waals surface area (Å²) in [5.41, 5.74) is 6.43. The van der Waals surface area contributed by atoms with Crippen LogP contribution in [0.25, 0.3) is 11.0 Å². The van der Waals surface area contributed by atoms with Crippen LogP contribution >= 0.6 is 0 Å². The predicted octanol–water partition coefficient (Wildman–Crippen LogP) is 0.321. The largest absolute Gasteiger partial charge is 0.397 e. The van der Waals surface area contributed by atoms with E-state index in [-0.39, 0.29) is 24.8 Å². The average Bonchev–Trinajstić information content (AvgIpc) is 3.02. The van der Waals surface area contributed by atoms with Gasteiger partial charge in [0.15, 0.2) is 0 Å². The number of H-pyrrole nitrogens is 2. The number of fused-ring (bicyclic) bond motifs is 1. The lowest BCUT2D eigenvalue weighted by atomic mass is 10.00. The molecule has 0 aromatic carbocycles. The second-order valence-corrected chi connectivity index (χ2v) is 5.14. The monoisotopic (exact) mass is 341 g/mol. The lowest BCUT2D eigenvalue weighted by Crippen LogP contribution is -2.37. The van der Waals surface area contributed by atoms with E-state index in [1.165, 1.54) is 13.4 Å². The van der Waals surface area contributed by atoms with E-state index in [4.69, 9.17) is 5.11 Å². The van der Waals surface area contributed by atoms with E-state index >= 15 is 0 Å². The lowest BCUT2D eigenvalue weighted by molar-refractivity contribution is 0.201. The number of rotatable bonds is 6. The zero-order chi connectivity index (χ0) is 18.5. The number of hydrogen-bond acceptors (Lipinski definition) is 6. The number of hydrogen-bond donors (Lipinski definition) is 6. The van der Waals surface area contributed by atoms with Crippen LogP contribution in [0.4, 0.5) is 0 Å². The highest BCUT2D eigenvalue weighted by atomic mass is 16.3. The van der Waals surface area contributed by atoms with Crippen LogP contribution in [0.15, 0.2) is 17.3 Å². The maximum Gasteiger partial charge on any atom is 0.275 e. The van der Waals surface area contributed by atoms with Gasteiger partial charge in [-0.1, -0.05) is 20.3 Å². The molecular weight excluding hydrogens is 310 g/mol. The van der Waals surface area contributed by atoms with Gasteiger partial charge in [0, 0.05) is 31.0 Å². The molecule has 0 amide bonds. The van der Waals surface area contributed by atoms with E-state index in [1.807, 2.05) is 0 Å². The zero-order valence-electron chi connectivity index (χ0n) is 15.0. The van der Waals surface area contributed by atoms with Crippen LogP contribution in [0.2, 0.25) is 0 Å². The summed E-state index contributed by atoms with van der Waals surface area (Å²) in [5, 5.41) is 20.3. The first kappa shape index (κ1) is 22.3. The molecule has 0 fully saturated rings. The minimum absolute atomic E-state index is 0.0527. The van der Waals surface area contributed by atoms with Crippen molar-refractivity contribution in [3.05, 3.63) is 28.4 Å². The summed E-state index contributed by atoms with van der Waals surface area (Å²) >= 11 is 0. The molecule has 2 rings (SSSR count). The molecule has 2 atom stereocenters. The van der Waals surface area contributed by atoms with Gasteiger partial charge in [-0.3, -0.25) is 4.79 Å². The Morgan fingerprint density at radius 3 is 2.46 bits per heavy atom. The molecule has 8 heteroatoms. The molecule has 7 N–H and O–H groups in total. The van der Waals surface area contributed by atoms with Gasteiger partial charge in [0.05, 0.1) is 18.5 Å². The smallest absolute Gasteiger partial charge is 0.275 e. The Labute approximate surface area is 142 Å². The Kier molecular flexibility index (Phi) is 11.7. The normalized spacial score (nSPS) is 12.6. The number of nitrogens with zero attached hydrogens (tertiary/aromatic N) is 1. The molecule has 0 aliphatic heterocycles. The van der Waals surface area contributed by atoms with Gasteiger partial charge in [-0.05, 0) is 19.9 Å². The molecule has 0 saturated heterocycles. The molecule has 8 nitrogen and oxygen atoms in total. The summed E-state index contributed by atoms with van der Waals surface area (Å²) in [6, 6.07) is 0.0527. The number of nitrogens with one attached hydrogen (secondary N) is 3. The van der Waals surface area contributed by atoms with E-state index in [1.54, 1.807) is 13.1 Å². The highest BCUT2D eigenvalue weighted by Crippen LogP contribution is 2.13. The number of aromatic nitrogens is 3. The Balaban J connectivity index is 0.000000952. The number of aliphatic hydroxyl groups excluding tert-OH is 2. The number of aliphatic hydroxyl groups is 2. The summed E-state index contributed by atoms with van der Waals surface area (Å²) in [4.78, 5) is 21.2. The number of aromatic amines is 2. The van der Waals surface area contributed by atoms with Crippen LogP contribution in [-0.4, -0.2) is 51.5 Å². The summed E-state index contributed by atoms with van der Waals surface area (Å²) in [5.74, 6) is 0.395. The minimum atomic E-state index is -0.170. The average molecular weight is 341 g/mol. The van der Waals surface area contributed by atoms with Crippen LogP contribution in [0, 0.1) is 5.92 Å². The van der Waals surface area contributed by atoms with Crippen LogP contribution in [0.1, 0.15) is 32.8 Å². The van der Waals surface area contributed by atoms with Crippen molar-refractivity contribution in [2.75, 3.05) is 20.3 Å². The summed E-state index contributed by atoms with van der Waals surface area (Å²) in [6.07, 6.45) is 4.19. The molecular formula is C16H31N5O3. The SMILES string of the molecule is CCO.CC[C@H](C)C(CO)NCc1c[nH]c2c(=O)[nH]cnc12.CN. The molecule has 138 valence electrons. The Bertz CT molecular complexity index is 611. The lowest BCUT2D eigenvalue weighted by Gasteiger charge is -2.21. The van der Waals surface area contributed by atoms with Crippen molar-refractivity contribution in [2.24, 2.45) is 11.7 Å². The van der Waals surface area contributed by atoms with Gasteiger partial charge in [-0.25, -0.2) is 4.98 Å². The Morgan fingerprint density at radius 1 is 1.29 bits per heavy atom. The van der Waals surface area contributed by atoms with E-state index in [2.05, 4.69) is 39.8 Å². The first-order chi connectivity index (χ1) is 11.6. The van der Waals surface area contributed by atoms with E-state index in [0.29, 0.717) is 23.5 Å². The van der Waals surface area contributed by atoms with E-state index in [9.17, 15) is 9.90 Å². The van der Waals surface area contributed by atoms with Gasteiger partial charge in [-0.15, -0.1) is 0 Å². The quantitative estimate of drug-likeness (QED) is 0.447. The third-order valence-corrected chi connectivity index (χ3v) is 3.63. The number of nitrogens with two attached hydrogens (primary N) is 1. The molecule has 2 aromatic rings. The second kappa shape index (κ2) is 12.7. The van der Waals surface area contributed by atoms with Crippen molar-refractivity contribution in [3.8, 4) is 0 Å². The van der Waals surface area contributed by atoms with Gasteiger partial charge >= 0.3 is 0 Å². The van der Waals surface area contributed by atoms with Crippen LogP contribution in [0.3, 0.4) is 0 Å². The maximum absolute atomic E-state index is 11.6. The van der Waals surface area contributed by atoms with Crippen LogP contribution in [-0.2, 0) is 6.54 Å². The summed E-state index contributed by atoms with van der Waals surface area (Å²) in [6.45, 7) is 6.81. The third-order valence-electron chi connectivity index (χ3n) is 3.63. The van der Waals surface area contributed by atoms with Crippen molar-refractivity contribution >= 4 is 11.0 Å². The van der Waals surface area contributed by atoms with Crippen molar-refractivity contribution < 1.29 is 10.2 Å². The first-order valence-electron chi connectivity index (χ1n) is 8.15. The molecule has 24 heavy (non-hydrogen) atoms. The Hall–Kier alpha value is -1.74. The fourth-order valence-corrected chi connectivity index (χ4v) is 2.11. The molecule has 0 bridgehead atoms. The van der Waals surface area contributed by atoms with Crippen LogP contribution in [0.5, 0.6) is 0 Å². The summed E-state index contributed by atoms with van der Waals surface area (Å²) in [7, 11) is 1.50. The summed E-state index contributed by atoms with van der Waals surface area (Å²) < 4.78 is 0. The van der Waals surface area contributed by atoms with Gasteiger partial charge in [-0.2, -0.15) is 0 Å². The topological polar surface area (TPSA) is 140 Å². The molecule has 0 aliphatic carbocycles. The highest BCUT2D eigenvalue weighted by Gasteiger charge is 2.15. The predicted molar refractivity (Wildman–Crippen MR) is 96.8 cm³/mol. The van der Waals surface area contributed by atoms with Gasteiger partial charge in [0.1, 0.15) is 5.52 Å². The molecule has 1 unspecified atom stereocenters.